The SMILES string of the molecule is NC(Cc1cccc(F)c1Br)CC1CCCCCC1. The molecule has 3 heteroatoms. The number of halogens is 2. The molecule has 106 valence electrons. The monoisotopic (exact) mass is 327 g/mol. The van der Waals surface area contributed by atoms with E-state index in [2.05, 4.69) is 15.9 Å². The summed E-state index contributed by atoms with van der Waals surface area (Å²) in [5, 5.41) is 0. The molecule has 0 heterocycles. The topological polar surface area (TPSA) is 26.0 Å². The van der Waals surface area contributed by atoms with Crippen LogP contribution in [0, 0.1) is 11.7 Å². The van der Waals surface area contributed by atoms with Crippen LogP contribution in [0.4, 0.5) is 4.39 Å². The third-order valence-electron chi connectivity index (χ3n) is 4.12. The molecule has 2 rings (SSSR count). The third kappa shape index (κ3) is 4.57. The van der Waals surface area contributed by atoms with Gasteiger partial charge in [-0.1, -0.05) is 50.7 Å². The highest BCUT2D eigenvalue weighted by Gasteiger charge is 2.17. The molecule has 1 unspecified atom stereocenters. The molecule has 1 saturated carbocycles. The average molecular weight is 328 g/mol. The van der Waals surface area contributed by atoms with Gasteiger partial charge in [0, 0.05) is 6.04 Å². The highest BCUT2D eigenvalue weighted by molar-refractivity contribution is 9.10. The molecule has 0 saturated heterocycles. The van der Waals surface area contributed by atoms with Crippen LogP contribution in [0.15, 0.2) is 22.7 Å². The first-order valence-corrected chi connectivity index (χ1v) is 8.14. The minimum absolute atomic E-state index is 0.140. The molecule has 0 aromatic heterocycles. The van der Waals surface area contributed by atoms with Gasteiger partial charge in [0.1, 0.15) is 5.82 Å². The smallest absolute Gasteiger partial charge is 0.137 e. The summed E-state index contributed by atoms with van der Waals surface area (Å²) in [6, 6.07) is 5.33. The Kier molecular flexibility index (Phi) is 5.83. The molecule has 0 aliphatic heterocycles. The van der Waals surface area contributed by atoms with Gasteiger partial charge in [0.15, 0.2) is 0 Å². The Morgan fingerprint density at radius 1 is 1.21 bits per heavy atom. The summed E-state index contributed by atoms with van der Waals surface area (Å²) in [5.41, 5.74) is 7.25. The Bertz CT molecular complexity index is 400. The van der Waals surface area contributed by atoms with Gasteiger partial charge in [0.25, 0.3) is 0 Å². The summed E-state index contributed by atoms with van der Waals surface area (Å²) < 4.78 is 14.0. The van der Waals surface area contributed by atoms with Crippen molar-refractivity contribution in [2.45, 2.75) is 57.4 Å². The van der Waals surface area contributed by atoms with E-state index in [1.165, 1.54) is 44.6 Å². The molecule has 1 aliphatic carbocycles. The predicted molar refractivity (Wildman–Crippen MR) is 81.6 cm³/mol. The Labute approximate surface area is 123 Å². The van der Waals surface area contributed by atoms with Crippen molar-refractivity contribution in [2.24, 2.45) is 11.7 Å². The van der Waals surface area contributed by atoms with E-state index in [0.29, 0.717) is 4.47 Å². The largest absolute Gasteiger partial charge is 0.327 e. The van der Waals surface area contributed by atoms with Crippen LogP contribution in [0.5, 0.6) is 0 Å². The summed E-state index contributed by atoms with van der Waals surface area (Å²) in [6.45, 7) is 0. The molecule has 19 heavy (non-hydrogen) atoms. The van der Waals surface area contributed by atoms with Crippen molar-refractivity contribution in [1.29, 1.82) is 0 Å². The van der Waals surface area contributed by atoms with Crippen molar-refractivity contribution in [3.05, 3.63) is 34.1 Å². The first-order valence-electron chi connectivity index (χ1n) is 7.35. The van der Waals surface area contributed by atoms with Crippen LogP contribution in [0.25, 0.3) is 0 Å². The van der Waals surface area contributed by atoms with Gasteiger partial charge in [-0.25, -0.2) is 4.39 Å². The quantitative estimate of drug-likeness (QED) is 0.788. The van der Waals surface area contributed by atoms with E-state index in [1.54, 1.807) is 6.07 Å². The zero-order valence-corrected chi connectivity index (χ0v) is 13.0. The summed E-state index contributed by atoms with van der Waals surface area (Å²) in [5.74, 6) is 0.573. The van der Waals surface area contributed by atoms with E-state index in [1.807, 2.05) is 6.07 Å². The van der Waals surface area contributed by atoms with Crippen LogP contribution >= 0.6 is 15.9 Å². The van der Waals surface area contributed by atoms with Crippen LogP contribution in [-0.2, 0) is 6.42 Å². The van der Waals surface area contributed by atoms with Crippen LogP contribution in [0.2, 0.25) is 0 Å². The van der Waals surface area contributed by atoms with Crippen molar-refractivity contribution < 1.29 is 4.39 Å². The van der Waals surface area contributed by atoms with Gasteiger partial charge in [-0.05, 0) is 46.3 Å². The molecule has 1 aliphatic rings. The van der Waals surface area contributed by atoms with E-state index >= 15 is 0 Å². The highest BCUT2D eigenvalue weighted by Crippen LogP contribution is 2.28. The van der Waals surface area contributed by atoms with Gasteiger partial charge in [-0.2, -0.15) is 0 Å². The molecule has 1 aromatic rings. The lowest BCUT2D eigenvalue weighted by molar-refractivity contribution is 0.386. The molecule has 1 atom stereocenters. The second kappa shape index (κ2) is 7.39. The Hall–Kier alpha value is -0.410. The van der Waals surface area contributed by atoms with Crippen LogP contribution in [0.3, 0.4) is 0 Å². The normalized spacial score (nSPS) is 19.1. The summed E-state index contributed by atoms with van der Waals surface area (Å²) in [7, 11) is 0. The number of nitrogens with two attached hydrogens (primary N) is 1. The number of hydrogen-bond donors (Lipinski definition) is 1. The molecular formula is C16H23BrFN. The van der Waals surface area contributed by atoms with Gasteiger partial charge in [0.05, 0.1) is 4.47 Å². The minimum atomic E-state index is -0.195. The second-order valence-electron chi connectivity index (χ2n) is 5.77. The molecular weight excluding hydrogens is 305 g/mol. The van der Waals surface area contributed by atoms with Gasteiger partial charge in [0.2, 0.25) is 0 Å². The lowest BCUT2D eigenvalue weighted by Crippen LogP contribution is -2.26. The van der Waals surface area contributed by atoms with Crippen molar-refractivity contribution in [2.75, 3.05) is 0 Å². The van der Waals surface area contributed by atoms with Gasteiger partial charge in [-0.15, -0.1) is 0 Å². The van der Waals surface area contributed by atoms with Crippen molar-refractivity contribution in [1.82, 2.24) is 0 Å². The Balaban J connectivity index is 1.89. The van der Waals surface area contributed by atoms with Crippen molar-refractivity contribution >= 4 is 15.9 Å². The molecule has 0 spiro atoms. The minimum Gasteiger partial charge on any atom is -0.327 e. The predicted octanol–water partition coefficient (Wildman–Crippen LogP) is 4.82. The third-order valence-corrected chi connectivity index (χ3v) is 5.01. The molecule has 0 radical (unpaired) electrons. The van der Waals surface area contributed by atoms with Gasteiger partial charge in [-0.3, -0.25) is 0 Å². The molecule has 0 amide bonds. The molecule has 0 bridgehead atoms. The maximum absolute atomic E-state index is 13.5. The van der Waals surface area contributed by atoms with Crippen LogP contribution in [0.1, 0.15) is 50.5 Å². The first kappa shape index (κ1) is 15.0. The Morgan fingerprint density at radius 2 is 1.89 bits per heavy atom. The Morgan fingerprint density at radius 3 is 2.58 bits per heavy atom. The number of benzene rings is 1. The maximum atomic E-state index is 13.5. The lowest BCUT2D eigenvalue weighted by Gasteiger charge is -2.20. The summed E-state index contributed by atoms with van der Waals surface area (Å²) >= 11 is 3.32. The fourth-order valence-electron chi connectivity index (χ4n) is 3.10. The van der Waals surface area contributed by atoms with Gasteiger partial charge < -0.3 is 5.73 Å². The zero-order chi connectivity index (χ0) is 13.7. The van der Waals surface area contributed by atoms with Crippen molar-refractivity contribution in [3.8, 4) is 0 Å². The fourth-order valence-corrected chi connectivity index (χ4v) is 3.53. The molecule has 1 aromatic carbocycles. The number of rotatable bonds is 4. The fraction of sp³-hybridized carbons (Fsp3) is 0.625. The summed E-state index contributed by atoms with van der Waals surface area (Å²) in [6.07, 6.45) is 9.91. The highest BCUT2D eigenvalue weighted by atomic mass is 79.9. The van der Waals surface area contributed by atoms with Crippen LogP contribution in [-0.4, -0.2) is 6.04 Å². The summed E-state index contributed by atoms with van der Waals surface area (Å²) in [4.78, 5) is 0. The molecule has 2 N–H and O–H groups in total. The maximum Gasteiger partial charge on any atom is 0.137 e. The van der Waals surface area contributed by atoms with E-state index in [-0.39, 0.29) is 11.9 Å². The van der Waals surface area contributed by atoms with E-state index in [4.69, 9.17) is 5.73 Å². The average Bonchev–Trinajstić information content (AvgIpc) is 2.63. The van der Waals surface area contributed by atoms with E-state index < -0.39 is 0 Å². The zero-order valence-electron chi connectivity index (χ0n) is 11.4. The van der Waals surface area contributed by atoms with Crippen LogP contribution < -0.4 is 5.73 Å². The first-order chi connectivity index (χ1) is 9.16. The molecule has 1 nitrogen and oxygen atoms in total. The lowest BCUT2D eigenvalue weighted by atomic mass is 9.90. The van der Waals surface area contributed by atoms with E-state index in [0.717, 1.165) is 24.3 Å². The van der Waals surface area contributed by atoms with Crippen molar-refractivity contribution in [3.63, 3.8) is 0 Å². The number of hydrogen-bond acceptors (Lipinski definition) is 1. The standard InChI is InChI=1S/C16H23BrFN/c17-16-13(8-5-9-15(16)18)11-14(19)10-12-6-3-1-2-4-7-12/h5,8-9,12,14H,1-4,6-7,10-11,19H2. The molecule has 1 fully saturated rings. The van der Waals surface area contributed by atoms with Gasteiger partial charge >= 0.3 is 0 Å². The second-order valence-corrected chi connectivity index (χ2v) is 6.56. The van der Waals surface area contributed by atoms with E-state index in [9.17, 15) is 4.39 Å².